The minimum Gasteiger partial charge on any atom is -0.386 e. The number of nitrogens with zero attached hydrogens (tertiary/aromatic N) is 3. The van der Waals surface area contributed by atoms with Crippen molar-refractivity contribution in [3.63, 3.8) is 0 Å². The second kappa shape index (κ2) is 5.34. The zero-order chi connectivity index (χ0) is 13.1. The summed E-state index contributed by atoms with van der Waals surface area (Å²) in [5, 5.41) is 20.3. The van der Waals surface area contributed by atoms with Gasteiger partial charge in [0.25, 0.3) is 0 Å². The lowest BCUT2D eigenvalue weighted by molar-refractivity contribution is 0.171. The topological polar surface area (TPSA) is 50.9 Å². The number of hydrogen-bond donors (Lipinski definition) is 1. The van der Waals surface area contributed by atoms with Crippen LogP contribution in [-0.2, 0) is 6.42 Å². The van der Waals surface area contributed by atoms with Gasteiger partial charge in [-0.25, -0.2) is 4.68 Å². The Balaban J connectivity index is 1.88. The van der Waals surface area contributed by atoms with Gasteiger partial charge in [0.15, 0.2) is 0 Å². The zero-order valence-electron chi connectivity index (χ0n) is 10.2. The van der Waals surface area contributed by atoms with Crippen molar-refractivity contribution < 1.29 is 5.11 Å². The van der Waals surface area contributed by atoms with E-state index in [1.165, 1.54) is 0 Å². The lowest BCUT2D eigenvalue weighted by atomic mass is 10.1. The summed E-state index contributed by atoms with van der Waals surface area (Å²) in [6.07, 6.45) is 1.59. The first-order chi connectivity index (χ1) is 9.34. The molecule has 19 heavy (non-hydrogen) atoms. The van der Waals surface area contributed by atoms with Crippen molar-refractivity contribution in [2.24, 2.45) is 0 Å². The molecule has 2 aromatic heterocycles. The average molecular weight is 271 g/mol. The van der Waals surface area contributed by atoms with Gasteiger partial charge in [-0.3, -0.25) is 0 Å². The summed E-state index contributed by atoms with van der Waals surface area (Å²) < 4.78 is 1.68. The minimum atomic E-state index is -0.603. The summed E-state index contributed by atoms with van der Waals surface area (Å²) in [6, 6.07) is 13.7. The number of rotatable bonds is 4. The number of hydrogen-bond acceptors (Lipinski definition) is 4. The Morgan fingerprint density at radius 3 is 2.74 bits per heavy atom. The van der Waals surface area contributed by atoms with E-state index >= 15 is 0 Å². The van der Waals surface area contributed by atoms with Gasteiger partial charge < -0.3 is 5.11 Å². The van der Waals surface area contributed by atoms with E-state index in [-0.39, 0.29) is 0 Å². The van der Waals surface area contributed by atoms with Crippen LogP contribution < -0.4 is 0 Å². The van der Waals surface area contributed by atoms with E-state index in [4.69, 9.17) is 0 Å². The Kier molecular flexibility index (Phi) is 3.39. The summed E-state index contributed by atoms with van der Waals surface area (Å²) in [4.78, 5) is 1.15. The number of aliphatic hydroxyl groups is 1. The van der Waals surface area contributed by atoms with Crippen LogP contribution in [0.4, 0.5) is 0 Å². The highest BCUT2D eigenvalue weighted by atomic mass is 32.1. The summed E-state index contributed by atoms with van der Waals surface area (Å²) in [6.45, 7) is 0. The van der Waals surface area contributed by atoms with Gasteiger partial charge in [0.2, 0.25) is 0 Å². The maximum atomic E-state index is 10.3. The Morgan fingerprint density at radius 1 is 1.16 bits per heavy atom. The van der Waals surface area contributed by atoms with Crippen molar-refractivity contribution in [3.8, 4) is 5.69 Å². The van der Waals surface area contributed by atoms with E-state index in [9.17, 15) is 5.11 Å². The molecule has 3 aromatic rings. The molecule has 0 spiro atoms. The van der Waals surface area contributed by atoms with Gasteiger partial charge >= 0.3 is 0 Å². The van der Waals surface area contributed by atoms with Gasteiger partial charge in [-0.1, -0.05) is 29.5 Å². The summed E-state index contributed by atoms with van der Waals surface area (Å²) in [5.74, 6) is 0. The van der Waals surface area contributed by atoms with Crippen LogP contribution >= 0.6 is 11.3 Å². The molecule has 0 fully saturated rings. The Labute approximate surface area is 115 Å². The molecule has 96 valence electrons. The van der Waals surface area contributed by atoms with Crippen LogP contribution in [0.15, 0.2) is 54.0 Å². The molecule has 1 aromatic carbocycles. The van der Waals surface area contributed by atoms with Gasteiger partial charge in [0, 0.05) is 11.3 Å². The first-order valence-electron chi connectivity index (χ1n) is 6.01. The third-order valence-corrected chi connectivity index (χ3v) is 3.79. The van der Waals surface area contributed by atoms with Gasteiger partial charge in [0.05, 0.1) is 17.6 Å². The fourth-order valence-electron chi connectivity index (χ4n) is 1.96. The van der Waals surface area contributed by atoms with Crippen LogP contribution in [0.2, 0.25) is 0 Å². The largest absolute Gasteiger partial charge is 0.386 e. The quantitative estimate of drug-likeness (QED) is 0.793. The highest BCUT2D eigenvalue weighted by Gasteiger charge is 2.16. The van der Waals surface area contributed by atoms with Gasteiger partial charge in [0.1, 0.15) is 6.10 Å². The molecule has 0 radical (unpaired) electrons. The fourth-order valence-corrected chi connectivity index (χ4v) is 2.71. The summed E-state index contributed by atoms with van der Waals surface area (Å²) in [7, 11) is 0. The molecule has 0 aliphatic carbocycles. The lowest BCUT2D eigenvalue weighted by Gasteiger charge is -2.11. The molecular formula is C14H13N3OS. The van der Waals surface area contributed by atoms with E-state index in [0.717, 1.165) is 10.6 Å². The van der Waals surface area contributed by atoms with Gasteiger partial charge in [-0.05, 0) is 23.6 Å². The molecule has 2 heterocycles. The molecule has 0 aliphatic heterocycles. The molecule has 0 aliphatic rings. The molecule has 0 bridgehead atoms. The van der Waals surface area contributed by atoms with Crippen LogP contribution in [0.1, 0.15) is 16.7 Å². The second-order valence-electron chi connectivity index (χ2n) is 4.21. The van der Waals surface area contributed by atoms with Crippen LogP contribution in [-0.4, -0.2) is 20.1 Å². The Hall–Kier alpha value is -1.98. The molecule has 5 heteroatoms. The molecule has 0 saturated carbocycles. The van der Waals surface area contributed by atoms with Crippen molar-refractivity contribution >= 4 is 11.3 Å². The average Bonchev–Trinajstić information content (AvgIpc) is 3.10. The minimum absolute atomic E-state index is 0.581. The van der Waals surface area contributed by atoms with Crippen LogP contribution in [0.25, 0.3) is 5.69 Å². The second-order valence-corrected chi connectivity index (χ2v) is 5.24. The van der Waals surface area contributed by atoms with E-state index in [0.29, 0.717) is 12.1 Å². The third-order valence-electron chi connectivity index (χ3n) is 2.89. The predicted molar refractivity (Wildman–Crippen MR) is 74.3 cm³/mol. The highest BCUT2D eigenvalue weighted by molar-refractivity contribution is 7.09. The van der Waals surface area contributed by atoms with E-state index in [1.807, 2.05) is 47.8 Å². The monoisotopic (exact) mass is 271 g/mol. The molecular weight excluding hydrogens is 258 g/mol. The van der Waals surface area contributed by atoms with E-state index in [1.54, 1.807) is 22.2 Å². The molecule has 4 nitrogen and oxygen atoms in total. The van der Waals surface area contributed by atoms with Crippen molar-refractivity contribution in [1.29, 1.82) is 0 Å². The van der Waals surface area contributed by atoms with E-state index in [2.05, 4.69) is 10.3 Å². The van der Waals surface area contributed by atoms with Crippen molar-refractivity contribution in [2.75, 3.05) is 0 Å². The molecule has 3 rings (SSSR count). The SMILES string of the molecule is OC(Cc1cccs1)c1cnnn1-c1ccccc1. The summed E-state index contributed by atoms with van der Waals surface area (Å²) in [5.41, 5.74) is 1.61. The zero-order valence-corrected chi connectivity index (χ0v) is 11.0. The van der Waals surface area contributed by atoms with Gasteiger partial charge in [-0.2, -0.15) is 0 Å². The van der Waals surface area contributed by atoms with Crippen molar-refractivity contribution in [2.45, 2.75) is 12.5 Å². The van der Waals surface area contributed by atoms with Crippen molar-refractivity contribution in [3.05, 3.63) is 64.6 Å². The third kappa shape index (κ3) is 2.57. The number of para-hydroxylation sites is 1. The normalized spacial score (nSPS) is 12.5. The molecule has 1 N–H and O–H groups in total. The first kappa shape index (κ1) is 12.1. The molecule has 0 amide bonds. The lowest BCUT2D eigenvalue weighted by Crippen LogP contribution is -2.09. The van der Waals surface area contributed by atoms with Crippen molar-refractivity contribution in [1.82, 2.24) is 15.0 Å². The number of aromatic nitrogens is 3. The molecule has 1 atom stereocenters. The number of thiophene rings is 1. The Morgan fingerprint density at radius 2 is 2.00 bits per heavy atom. The first-order valence-corrected chi connectivity index (χ1v) is 6.89. The van der Waals surface area contributed by atoms with E-state index < -0.39 is 6.10 Å². The number of benzene rings is 1. The van der Waals surface area contributed by atoms with Crippen LogP contribution in [0.5, 0.6) is 0 Å². The Bertz CT molecular complexity index is 634. The van der Waals surface area contributed by atoms with Crippen LogP contribution in [0.3, 0.4) is 0 Å². The predicted octanol–water partition coefficient (Wildman–Crippen LogP) is 2.60. The molecule has 1 unspecified atom stereocenters. The maximum absolute atomic E-state index is 10.3. The maximum Gasteiger partial charge on any atom is 0.103 e. The van der Waals surface area contributed by atoms with Crippen LogP contribution in [0, 0.1) is 0 Å². The summed E-state index contributed by atoms with van der Waals surface area (Å²) >= 11 is 1.64. The van der Waals surface area contributed by atoms with Gasteiger partial charge in [-0.15, -0.1) is 16.4 Å². The smallest absolute Gasteiger partial charge is 0.103 e. The highest BCUT2D eigenvalue weighted by Crippen LogP contribution is 2.22. The molecule has 0 saturated heterocycles. The number of aliphatic hydroxyl groups excluding tert-OH is 1. The standard InChI is InChI=1S/C14H13N3OS/c18-14(9-12-7-4-8-19-12)13-10-15-16-17(13)11-5-2-1-3-6-11/h1-8,10,14,18H,9H2. The fraction of sp³-hybridized carbons (Fsp3) is 0.143.